The molecule has 1 N–H and O–H groups in total. The van der Waals surface area contributed by atoms with Crippen LogP contribution in [-0.2, 0) is 32.6 Å². The number of hydrogen-bond acceptors (Lipinski definition) is 4. The van der Waals surface area contributed by atoms with Crippen LogP contribution in [0.2, 0.25) is 10.0 Å². The van der Waals surface area contributed by atoms with E-state index >= 15 is 0 Å². The fourth-order valence-corrected chi connectivity index (χ4v) is 7.18. The maximum absolute atomic E-state index is 14.7. The zero-order chi connectivity index (χ0) is 34.3. The number of rotatable bonds is 13. The van der Waals surface area contributed by atoms with E-state index in [1.165, 1.54) is 17.0 Å². The van der Waals surface area contributed by atoms with Crippen LogP contribution >= 0.6 is 23.2 Å². The zero-order valence-electron chi connectivity index (χ0n) is 27.3. The molecule has 0 fully saturated rings. The van der Waals surface area contributed by atoms with Crippen LogP contribution in [0.4, 0.5) is 5.69 Å². The lowest BCUT2D eigenvalue weighted by molar-refractivity contribution is -0.140. The molecule has 0 aromatic heterocycles. The average molecular weight is 695 g/mol. The second-order valence-corrected chi connectivity index (χ2v) is 14.5. The number of nitrogens with one attached hydrogen (secondary N) is 1. The van der Waals surface area contributed by atoms with Gasteiger partial charge in [0.1, 0.15) is 12.6 Å². The number of carbonyl (C=O) groups excluding carboxylic acids is 2. The van der Waals surface area contributed by atoms with E-state index in [4.69, 9.17) is 23.2 Å². The molecular formula is C37H41Cl2N3O4S. The molecule has 0 aliphatic heterocycles. The minimum Gasteiger partial charge on any atom is -0.352 e. The fraction of sp³-hybridized carbons (Fsp3) is 0.297. The Morgan fingerprint density at radius 1 is 0.830 bits per heavy atom. The first-order valence-corrected chi connectivity index (χ1v) is 17.7. The molecule has 248 valence electrons. The van der Waals surface area contributed by atoms with Gasteiger partial charge in [0, 0.05) is 34.6 Å². The van der Waals surface area contributed by atoms with Crippen LogP contribution < -0.4 is 9.62 Å². The van der Waals surface area contributed by atoms with E-state index in [0.717, 1.165) is 21.0 Å². The minimum atomic E-state index is -4.22. The summed E-state index contributed by atoms with van der Waals surface area (Å²) in [5.74, 6) is -0.947. The van der Waals surface area contributed by atoms with Gasteiger partial charge >= 0.3 is 0 Å². The molecule has 10 heteroatoms. The van der Waals surface area contributed by atoms with Crippen molar-refractivity contribution in [1.82, 2.24) is 10.2 Å². The Bertz CT molecular complexity index is 1800. The van der Waals surface area contributed by atoms with E-state index in [1.54, 1.807) is 43.3 Å². The Morgan fingerprint density at radius 2 is 1.45 bits per heavy atom. The number of hydrogen-bond donors (Lipinski definition) is 1. The highest BCUT2D eigenvalue weighted by Crippen LogP contribution is 2.31. The normalized spacial score (nSPS) is 12.7. The van der Waals surface area contributed by atoms with Crippen molar-refractivity contribution in [1.29, 1.82) is 0 Å². The van der Waals surface area contributed by atoms with Gasteiger partial charge in [0.05, 0.1) is 10.6 Å². The summed E-state index contributed by atoms with van der Waals surface area (Å²) in [5, 5.41) is 3.69. The first-order valence-electron chi connectivity index (χ1n) is 15.5. The summed E-state index contributed by atoms with van der Waals surface area (Å²) in [5.41, 5.74) is 4.07. The van der Waals surface area contributed by atoms with Gasteiger partial charge in [0.2, 0.25) is 11.8 Å². The average Bonchev–Trinajstić information content (AvgIpc) is 3.04. The number of nitrogens with zero attached hydrogens (tertiary/aromatic N) is 2. The monoisotopic (exact) mass is 693 g/mol. The fourth-order valence-electron chi connectivity index (χ4n) is 5.19. The molecule has 2 atom stereocenters. The van der Waals surface area contributed by atoms with Gasteiger partial charge < -0.3 is 10.2 Å². The minimum absolute atomic E-state index is 0.0489. The number of halogens is 2. The van der Waals surface area contributed by atoms with Crippen LogP contribution in [-0.4, -0.2) is 43.8 Å². The summed E-state index contributed by atoms with van der Waals surface area (Å²) in [6.07, 6.45) is 0.869. The zero-order valence-corrected chi connectivity index (χ0v) is 29.7. The molecule has 4 aromatic rings. The Labute approximate surface area is 288 Å². The molecule has 4 aromatic carbocycles. The molecule has 7 nitrogen and oxygen atoms in total. The van der Waals surface area contributed by atoms with Crippen molar-refractivity contribution in [3.8, 4) is 0 Å². The predicted molar refractivity (Wildman–Crippen MR) is 190 cm³/mol. The molecule has 0 aliphatic carbocycles. The van der Waals surface area contributed by atoms with Gasteiger partial charge in [0.15, 0.2) is 0 Å². The van der Waals surface area contributed by atoms with Crippen LogP contribution in [0.3, 0.4) is 0 Å². The molecule has 0 radical (unpaired) electrons. The number of anilines is 1. The second-order valence-electron chi connectivity index (χ2n) is 11.9. The Morgan fingerprint density at radius 3 is 2.06 bits per heavy atom. The van der Waals surface area contributed by atoms with E-state index in [9.17, 15) is 18.0 Å². The predicted octanol–water partition coefficient (Wildman–Crippen LogP) is 7.67. The lowest BCUT2D eigenvalue weighted by Gasteiger charge is -2.35. The first kappa shape index (κ1) is 36.0. The molecule has 2 amide bonds. The molecule has 4 rings (SSSR count). The summed E-state index contributed by atoms with van der Waals surface area (Å²) in [6, 6.07) is 25.2. The second kappa shape index (κ2) is 15.8. The maximum atomic E-state index is 14.7. The molecule has 0 aliphatic rings. The highest BCUT2D eigenvalue weighted by Gasteiger charge is 2.36. The molecule has 0 saturated heterocycles. The summed E-state index contributed by atoms with van der Waals surface area (Å²) >= 11 is 13.2. The SMILES string of the molecule is CC[C@H](C)NC(=O)[C@H](Cc1ccccc1)N(Cc1c(Cl)cccc1Cl)C(=O)CN(c1cc(C)ccc1C)S(=O)(=O)c1ccc(C)cc1. The van der Waals surface area contributed by atoms with Crippen molar-refractivity contribution in [2.24, 2.45) is 0 Å². The number of aryl methyl sites for hydroxylation is 3. The van der Waals surface area contributed by atoms with Gasteiger partial charge in [-0.3, -0.25) is 13.9 Å². The molecule has 47 heavy (non-hydrogen) atoms. The third kappa shape index (κ3) is 8.95. The quantitative estimate of drug-likeness (QED) is 0.156. The van der Waals surface area contributed by atoms with Crippen LogP contribution in [0.15, 0.2) is 95.9 Å². The summed E-state index contributed by atoms with van der Waals surface area (Å²) in [7, 11) is -4.22. The van der Waals surface area contributed by atoms with Gasteiger partial charge in [-0.05, 0) is 81.1 Å². The molecule has 0 bridgehead atoms. The van der Waals surface area contributed by atoms with Crippen molar-refractivity contribution in [3.05, 3.63) is 129 Å². The van der Waals surface area contributed by atoms with Gasteiger partial charge in [-0.25, -0.2) is 8.42 Å². The van der Waals surface area contributed by atoms with Crippen LogP contribution in [0, 0.1) is 20.8 Å². The summed E-state index contributed by atoms with van der Waals surface area (Å²) < 4.78 is 29.8. The largest absolute Gasteiger partial charge is 0.352 e. The van der Waals surface area contributed by atoms with Crippen molar-refractivity contribution >= 4 is 50.7 Å². The van der Waals surface area contributed by atoms with E-state index in [1.807, 2.05) is 70.2 Å². The Balaban J connectivity index is 1.87. The molecule has 0 unspecified atom stereocenters. The van der Waals surface area contributed by atoms with E-state index in [-0.39, 0.29) is 29.8 Å². The first-order chi connectivity index (χ1) is 22.3. The van der Waals surface area contributed by atoms with Gasteiger partial charge in [-0.15, -0.1) is 0 Å². The number of sulfonamides is 1. The number of carbonyl (C=O) groups is 2. The standard InChI is InChI=1S/C37H41Cl2N3O4S/c1-6-28(5)40-37(44)35(22-29-11-8-7-9-12-29)41(23-31-32(38)13-10-14-33(31)39)36(43)24-42(34-21-26(3)15-18-27(34)4)47(45,46)30-19-16-25(2)17-20-30/h7-21,28,35H,6,22-24H2,1-5H3,(H,40,44)/t28-,35-/m0/s1. The molecule has 0 saturated carbocycles. The van der Waals surface area contributed by atoms with Crippen molar-refractivity contribution in [2.75, 3.05) is 10.8 Å². The number of benzene rings is 4. The Hall–Kier alpha value is -3.85. The third-order valence-electron chi connectivity index (χ3n) is 8.18. The lowest BCUT2D eigenvalue weighted by Crippen LogP contribution is -2.54. The van der Waals surface area contributed by atoms with Crippen LogP contribution in [0.25, 0.3) is 0 Å². The van der Waals surface area contributed by atoms with E-state index in [0.29, 0.717) is 33.3 Å². The van der Waals surface area contributed by atoms with Gasteiger partial charge in [-0.2, -0.15) is 0 Å². The van der Waals surface area contributed by atoms with Gasteiger partial charge in [-0.1, -0.05) is 96.4 Å². The Kier molecular flexibility index (Phi) is 12.1. The summed E-state index contributed by atoms with van der Waals surface area (Å²) in [6.45, 7) is 8.71. The van der Waals surface area contributed by atoms with E-state index < -0.39 is 28.5 Å². The highest BCUT2D eigenvalue weighted by molar-refractivity contribution is 7.92. The highest BCUT2D eigenvalue weighted by atomic mass is 35.5. The topological polar surface area (TPSA) is 86.8 Å². The number of amides is 2. The maximum Gasteiger partial charge on any atom is 0.264 e. The van der Waals surface area contributed by atoms with E-state index in [2.05, 4.69) is 5.32 Å². The van der Waals surface area contributed by atoms with Crippen molar-refractivity contribution < 1.29 is 18.0 Å². The molecule has 0 heterocycles. The van der Waals surface area contributed by atoms with Crippen LogP contribution in [0.1, 0.15) is 48.1 Å². The third-order valence-corrected chi connectivity index (χ3v) is 10.7. The van der Waals surface area contributed by atoms with Crippen molar-refractivity contribution in [2.45, 2.75) is 71.0 Å². The van der Waals surface area contributed by atoms with Crippen molar-refractivity contribution in [3.63, 3.8) is 0 Å². The lowest BCUT2D eigenvalue weighted by atomic mass is 10.0. The smallest absolute Gasteiger partial charge is 0.264 e. The van der Waals surface area contributed by atoms with Gasteiger partial charge in [0.25, 0.3) is 10.0 Å². The van der Waals surface area contributed by atoms with Crippen LogP contribution in [0.5, 0.6) is 0 Å². The summed E-state index contributed by atoms with van der Waals surface area (Å²) in [4.78, 5) is 30.2. The molecule has 0 spiro atoms. The molecular weight excluding hydrogens is 653 g/mol.